The summed E-state index contributed by atoms with van der Waals surface area (Å²) in [6.07, 6.45) is 0.949. The number of aliphatic hydroxyl groups excluding tert-OH is 1. The monoisotopic (exact) mass is 307 g/mol. The third-order valence-corrected chi connectivity index (χ3v) is 4.04. The Morgan fingerprint density at radius 2 is 1.91 bits per heavy atom. The topological polar surface area (TPSA) is 67.8 Å². The Kier molecular flexibility index (Phi) is 5.80. The summed E-state index contributed by atoms with van der Waals surface area (Å²) in [6.45, 7) is 4.19. The predicted octanol–water partition coefficient (Wildman–Crippen LogP) is 2.05. The van der Waals surface area contributed by atoms with Gasteiger partial charge in [-0.1, -0.05) is 12.1 Å². The molecule has 1 fully saturated rings. The van der Waals surface area contributed by atoms with Gasteiger partial charge >= 0.3 is 0 Å². The van der Waals surface area contributed by atoms with Crippen molar-refractivity contribution in [3.63, 3.8) is 0 Å². The molecule has 0 saturated carbocycles. The molecule has 0 unspecified atom stereocenters. The number of methoxy groups -OCH3 is 1. The lowest BCUT2D eigenvalue weighted by Gasteiger charge is -2.31. The minimum absolute atomic E-state index is 0.00504. The molecule has 2 N–H and O–H groups in total. The van der Waals surface area contributed by atoms with E-state index in [1.54, 1.807) is 31.4 Å². The Bertz CT molecular complexity index is 478. The zero-order valence-electron chi connectivity index (χ0n) is 13.4. The van der Waals surface area contributed by atoms with Crippen LogP contribution < -0.4 is 10.1 Å². The van der Waals surface area contributed by atoms with Gasteiger partial charge in [0.2, 0.25) is 5.91 Å². The number of nitrogens with one attached hydrogen (secondary N) is 1. The van der Waals surface area contributed by atoms with Gasteiger partial charge < -0.3 is 19.9 Å². The van der Waals surface area contributed by atoms with Gasteiger partial charge in [-0.15, -0.1) is 0 Å². The van der Waals surface area contributed by atoms with Gasteiger partial charge in [-0.05, 0) is 44.4 Å². The molecule has 1 aliphatic heterocycles. The van der Waals surface area contributed by atoms with E-state index in [-0.39, 0.29) is 30.6 Å². The molecule has 2 rings (SSSR count). The zero-order valence-corrected chi connectivity index (χ0v) is 13.4. The Morgan fingerprint density at radius 1 is 1.32 bits per heavy atom. The van der Waals surface area contributed by atoms with Gasteiger partial charge in [0.1, 0.15) is 5.75 Å². The van der Waals surface area contributed by atoms with E-state index in [2.05, 4.69) is 5.32 Å². The molecule has 1 aliphatic rings. The maximum absolute atomic E-state index is 12.2. The van der Waals surface area contributed by atoms with Crippen molar-refractivity contribution in [2.45, 2.75) is 45.0 Å². The van der Waals surface area contributed by atoms with Gasteiger partial charge in [-0.3, -0.25) is 4.79 Å². The van der Waals surface area contributed by atoms with E-state index in [1.165, 1.54) is 0 Å². The van der Waals surface area contributed by atoms with Gasteiger partial charge in [0.05, 0.1) is 25.4 Å². The van der Waals surface area contributed by atoms with Crippen molar-refractivity contribution in [1.82, 2.24) is 5.32 Å². The Balaban J connectivity index is 1.84. The van der Waals surface area contributed by atoms with Crippen LogP contribution in [0.2, 0.25) is 0 Å². The summed E-state index contributed by atoms with van der Waals surface area (Å²) in [4.78, 5) is 12.2. The molecule has 1 heterocycles. The molecule has 22 heavy (non-hydrogen) atoms. The van der Waals surface area contributed by atoms with E-state index in [1.807, 2.05) is 13.8 Å². The van der Waals surface area contributed by atoms with Gasteiger partial charge in [0.25, 0.3) is 0 Å². The number of aliphatic hydroxyl groups is 1. The van der Waals surface area contributed by atoms with Crippen LogP contribution in [0.1, 0.15) is 38.4 Å². The smallest absolute Gasteiger partial charge is 0.223 e. The summed E-state index contributed by atoms with van der Waals surface area (Å²) in [5, 5.41) is 13.0. The summed E-state index contributed by atoms with van der Waals surface area (Å²) in [7, 11) is 1.60. The van der Waals surface area contributed by atoms with Crippen LogP contribution in [0.4, 0.5) is 0 Å². The molecule has 5 nitrogen and oxygen atoms in total. The summed E-state index contributed by atoms with van der Waals surface area (Å²) in [5.74, 6) is 0.696. The van der Waals surface area contributed by atoms with Gasteiger partial charge in [-0.2, -0.15) is 0 Å². The van der Waals surface area contributed by atoms with E-state index in [0.717, 1.165) is 24.2 Å². The van der Waals surface area contributed by atoms with Crippen molar-refractivity contribution in [2.75, 3.05) is 13.7 Å². The second-order valence-electron chi connectivity index (χ2n) is 5.96. The maximum Gasteiger partial charge on any atom is 0.223 e. The number of hydrogen-bond acceptors (Lipinski definition) is 4. The van der Waals surface area contributed by atoms with Crippen LogP contribution >= 0.6 is 0 Å². The minimum atomic E-state index is -0.718. The SMILES string of the molecule is COc1ccc([C@H](O)CNC(=O)C2C[C@@H](C)O[C@H](C)C2)cc1. The quantitative estimate of drug-likeness (QED) is 0.873. The molecule has 5 heteroatoms. The van der Waals surface area contributed by atoms with E-state index in [0.29, 0.717) is 0 Å². The summed E-state index contributed by atoms with van der Waals surface area (Å²) >= 11 is 0. The van der Waals surface area contributed by atoms with Gasteiger partial charge in [0.15, 0.2) is 0 Å². The Labute approximate surface area is 131 Å². The third-order valence-electron chi connectivity index (χ3n) is 4.04. The number of hydrogen-bond donors (Lipinski definition) is 2. The zero-order chi connectivity index (χ0) is 16.1. The van der Waals surface area contributed by atoms with Crippen molar-refractivity contribution in [1.29, 1.82) is 0 Å². The first-order chi connectivity index (χ1) is 10.5. The molecule has 0 bridgehead atoms. The highest BCUT2D eigenvalue weighted by atomic mass is 16.5. The molecular weight excluding hydrogens is 282 g/mol. The van der Waals surface area contributed by atoms with E-state index < -0.39 is 6.10 Å². The molecule has 0 radical (unpaired) electrons. The standard InChI is InChI=1S/C17H25NO4/c1-11-8-14(9-12(2)22-11)17(20)18-10-16(19)13-4-6-15(21-3)7-5-13/h4-7,11-12,14,16,19H,8-10H2,1-3H3,(H,18,20)/t11-,12-,16-/m1/s1. The van der Waals surface area contributed by atoms with Gasteiger partial charge in [-0.25, -0.2) is 0 Å². The second-order valence-corrected chi connectivity index (χ2v) is 5.96. The van der Waals surface area contributed by atoms with Crippen LogP contribution in [-0.4, -0.2) is 36.9 Å². The fraction of sp³-hybridized carbons (Fsp3) is 0.588. The van der Waals surface area contributed by atoms with Crippen molar-refractivity contribution in [3.05, 3.63) is 29.8 Å². The van der Waals surface area contributed by atoms with Crippen molar-refractivity contribution >= 4 is 5.91 Å². The van der Waals surface area contributed by atoms with Crippen LogP contribution in [-0.2, 0) is 9.53 Å². The Hall–Kier alpha value is -1.59. The number of benzene rings is 1. The predicted molar refractivity (Wildman–Crippen MR) is 83.7 cm³/mol. The maximum atomic E-state index is 12.2. The number of rotatable bonds is 5. The van der Waals surface area contributed by atoms with Crippen LogP contribution in [0, 0.1) is 5.92 Å². The van der Waals surface area contributed by atoms with Crippen LogP contribution in [0.5, 0.6) is 5.75 Å². The highest BCUT2D eigenvalue weighted by Crippen LogP contribution is 2.25. The molecule has 0 aliphatic carbocycles. The normalized spacial score (nSPS) is 26.3. The fourth-order valence-corrected chi connectivity index (χ4v) is 2.90. The molecule has 1 aromatic rings. The first kappa shape index (κ1) is 16.8. The first-order valence-electron chi connectivity index (χ1n) is 7.74. The highest BCUT2D eigenvalue weighted by molar-refractivity contribution is 5.78. The molecule has 1 saturated heterocycles. The van der Waals surface area contributed by atoms with Crippen LogP contribution in [0.15, 0.2) is 24.3 Å². The highest BCUT2D eigenvalue weighted by Gasteiger charge is 2.29. The molecule has 122 valence electrons. The molecule has 1 amide bonds. The fourth-order valence-electron chi connectivity index (χ4n) is 2.90. The number of amides is 1. The number of carbonyl (C=O) groups excluding carboxylic acids is 1. The lowest BCUT2D eigenvalue weighted by molar-refractivity contribution is -0.133. The average molecular weight is 307 g/mol. The third kappa shape index (κ3) is 4.45. The summed E-state index contributed by atoms with van der Waals surface area (Å²) in [6, 6.07) is 7.19. The van der Waals surface area contributed by atoms with E-state index in [4.69, 9.17) is 9.47 Å². The first-order valence-corrected chi connectivity index (χ1v) is 7.74. The number of ether oxygens (including phenoxy) is 2. The van der Waals surface area contributed by atoms with Gasteiger partial charge in [0, 0.05) is 12.5 Å². The molecular formula is C17H25NO4. The van der Waals surface area contributed by atoms with E-state index in [9.17, 15) is 9.90 Å². The second kappa shape index (κ2) is 7.61. The average Bonchev–Trinajstić information content (AvgIpc) is 2.51. The molecule has 0 aromatic heterocycles. The minimum Gasteiger partial charge on any atom is -0.497 e. The van der Waals surface area contributed by atoms with Crippen molar-refractivity contribution < 1.29 is 19.4 Å². The molecule has 1 aromatic carbocycles. The van der Waals surface area contributed by atoms with Crippen LogP contribution in [0.3, 0.4) is 0 Å². The van der Waals surface area contributed by atoms with Crippen molar-refractivity contribution in [2.24, 2.45) is 5.92 Å². The number of carbonyl (C=O) groups is 1. The van der Waals surface area contributed by atoms with E-state index >= 15 is 0 Å². The molecule has 3 atom stereocenters. The lowest BCUT2D eigenvalue weighted by Crippen LogP contribution is -2.40. The van der Waals surface area contributed by atoms with Crippen LogP contribution in [0.25, 0.3) is 0 Å². The molecule has 0 spiro atoms. The lowest BCUT2D eigenvalue weighted by atomic mass is 9.92. The summed E-state index contributed by atoms with van der Waals surface area (Å²) in [5.41, 5.74) is 0.759. The summed E-state index contributed by atoms with van der Waals surface area (Å²) < 4.78 is 10.7. The Morgan fingerprint density at radius 3 is 2.45 bits per heavy atom. The largest absolute Gasteiger partial charge is 0.497 e. The van der Waals surface area contributed by atoms with Crippen molar-refractivity contribution in [3.8, 4) is 5.75 Å².